The summed E-state index contributed by atoms with van der Waals surface area (Å²) in [4.78, 5) is 0. The largest absolute Gasteiger partial charge is 2.00 e. The Morgan fingerprint density at radius 2 is 1.23 bits per heavy atom. The van der Waals surface area contributed by atoms with Crippen LogP contribution in [0, 0.1) is 0 Å². The summed E-state index contributed by atoms with van der Waals surface area (Å²) in [6.07, 6.45) is -4.21. The second kappa shape index (κ2) is 8.08. The van der Waals surface area contributed by atoms with Crippen LogP contribution in [0.25, 0.3) is 0 Å². The molecule has 1 rings (SSSR count). The zero-order valence-corrected chi connectivity index (χ0v) is 11.1. The van der Waals surface area contributed by atoms with Crippen LogP contribution >= 0.6 is 0 Å². The minimum Gasteiger partial charge on any atom is -1.00 e. The van der Waals surface area contributed by atoms with Crippen molar-refractivity contribution in [3.63, 3.8) is 0 Å². The minimum absolute atomic E-state index is 0. The van der Waals surface area contributed by atoms with E-state index in [1.54, 1.807) is 6.07 Å². The topological polar surface area (TPSA) is 0 Å². The molecule has 0 aliphatic heterocycles. The van der Waals surface area contributed by atoms with Gasteiger partial charge in [0.05, 0.1) is 5.56 Å². The Morgan fingerprint density at radius 1 is 0.846 bits per heavy atom. The van der Waals surface area contributed by atoms with Crippen LogP contribution in [0.3, 0.4) is 0 Å². The van der Waals surface area contributed by atoms with Gasteiger partial charge in [0.25, 0.3) is 0 Å². The van der Waals surface area contributed by atoms with Crippen LogP contribution in [-0.2, 0) is 6.18 Å². The third kappa shape index (κ3) is 6.76. The van der Waals surface area contributed by atoms with Gasteiger partial charge in [0.15, 0.2) is 0 Å². The first-order valence-corrected chi connectivity index (χ1v) is 2.73. The van der Waals surface area contributed by atoms with Crippen molar-refractivity contribution in [3.05, 3.63) is 35.9 Å². The second-order valence-electron chi connectivity index (χ2n) is 1.86. The number of rotatable bonds is 0. The zero-order chi connectivity index (χ0) is 7.61. The van der Waals surface area contributed by atoms with Crippen molar-refractivity contribution in [2.45, 2.75) is 6.18 Å². The third-order valence-corrected chi connectivity index (χ3v) is 1.10. The van der Waals surface area contributed by atoms with E-state index in [1.807, 2.05) is 0 Å². The number of halogens is 5. The molecule has 13 heavy (non-hydrogen) atoms. The summed E-state index contributed by atoms with van der Waals surface area (Å²) in [5.41, 5.74) is -0.602. The van der Waals surface area contributed by atoms with Gasteiger partial charge in [-0.2, -0.15) is 13.2 Å². The fourth-order valence-corrected chi connectivity index (χ4v) is 0.627. The first-order chi connectivity index (χ1) is 4.61. The fourth-order valence-electron chi connectivity index (χ4n) is 0.627. The van der Waals surface area contributed by atoms with Crippen molar-refractivity contribution in [2.75, 3.05) is 0 Å². The number of alkyl halides is 3. The van der Waals surface area contributed by atoms with Crippen LogP contribution in [0.2, 0.25) is 0 Å². The molecule has 0 saturated carbocycles. The van der Waals surface area contributed by atoms with Crippen molar-refractivity contribution in [1.29, 1.82) is 0 Å². The zero-order valence-electron chi connectivity index (χ0n) is 6.48. The van der Waals surface area contributed by atoms with E-state index in [2.05, 4.69) is 0 Å². The van der Waals surface area contributed by atoms with Crippen molar-refractivity contribution < 1.29 is 47.1 Å². The Hall–Kier alpha value is 0.736. The molecule has 0 N–H and O–H groups in total. The molecule has 0 bridgehead atoms. The van der Waals surface area contributed by atoms with Crippen molar-refractivity contribution in [3.8, 4) is 0 Å². The predicted octanol–water partition coefficient (Wildman–Crippen LogP) is -3.67. The molecule has 0 fully saturated rings. The third-order valence-electron chi connectivity index (χ3n) is 1.10. The molecule has 0 atom stereocenters. The van der Waals surface area contributed by atoms with Gasteiger partial charge in [0, 0.05) is 0 Å². The van der Waals surface area contributed by atoms with Gasteiger partial charge in [0.2, 0.25) is 0 Å². The van der Waals surface area contributed by atoms with E-state index in [-0.39, 0.29) is 57.0 Å². The van der Waals surface area contributed by atoms with Gasteiger partial charge in [-0.3, -0.25) is 0 Å². The molecule has 0 amide bonds. The van der Waals surface area contributed by atoms with Crippen LogP contribution in [0.5, 0.6) is 0 Å². The Morgan fingerprint density at radius 3 is 1.46 bits per heavy atom. The fraction of sp³-hybridized carbons (Fsp3) is 0.143. The Balaban J connectivity index is -0.000000333. The molecule has 0 aliphatic carbocycles. The average Bonchev–Trinajstić information content (AvgIpc) is 1.88. The van der Waals surface area contributed by atoms with E-state index < -0.39 is 11.7 Å². The summed E-state index contributed by atoms with van der Waals surface area (Å²) >= 11 is 0. The summed E-state index contributed by atoms with van der Waals surface area (Å²) in [5, 5.41) is 0. The van der Waals surface area contributed by atoms with Crippen LogP contribution in [0.1, 0.15) is 5.56 Å². The summed E-state index contributed by atoms with van der Waals surface area (Å²) in [6.45, 7) is 0. The first kappa shape index (κ1) is 19.3. The Kier molecular flexibility index (Phi) is 12.0. The molecule has 0 heterocycles. The van der Waals surface area contributed by atoms with Gasteiger partial charge in [-0.15, -0.1) is 0 Å². The van der Waals surface area contributed by atoms with E-state index in [4.69, 9.17) is 0 Å². The molecule has 1 aromatic carbocycles. The van der Waals surface area contributed by atoms with E-state index in [0.717, 1.165) is 12.1 Å². The van der Waals surface area contributed by atoms with Crippen LogP contribution in [0.15, 0.2) is 30.3 Å². The second-order valence-corrected chi connectivity index (χ2v) is 1.86. The quantitative estimate of drug-likeness (QED) is 0.430. The number of hydrogen-bond acceptors (Lipinski definition) is 0. The van der Waals surface area contributed by atoms with E-state index in [0.29, 0.717) is 0 Å². The van der Waals surface area contributed by atoms with Crippen molar-refractivity contribution in [1.82, 2.24) is 0 Å². The number of hydrogen-bond donors (Lipinski definition) is 0. The minimum atomic E-state index is -4.21. The average molecular weight is 330 g/mol. The Bertz CT molecular complexity index is 213. The maximum Gasteiger partial charge on any atom is 2.00 e. The van der Waals surface area contributed by atoms with Crippen LogP contribution in [0.4, 0.5) is 13.2 Å². The summed E-state index contributed by atoms with van der Waals surface area (Å²) in [7, 11) is 0. The van der Waals surface area contributed by atoms with E-state index >= 15 is 0 Å². The molecule has 0 nitrogen and oxygen atoms in total. The molecule has 6 heteroatoms. The molecule has 0 radical (unpaired) electrons. The SMILES string of the molecule is FC(F)(F)c1ccccc1.[Br-].[Br-].[Mg+2]. The smallest absolute Gasteiger partial charge is 1.00 e. The standard InChI is InChI=1S/C7H5F3.2BrH.Mg/c8-7(9,10)6-4-2-1-3-5-6;;;/h1-5H;2*1H;/q;;;+2/p-2. The van der Waals surface area contributed by atoms with Crippen LogP contribution < -0.4 is 34.0 Å². The normalized spacial score (nSPS) is 8.85. The summed E-state index contributed by atoms with van der Waals surface area (Å²) in [5.74, 6) is 0. The predicted molar refractivity (Wildman–Crippen MR) is 37.2 cm³/mol. The van der Waals surface area contributed by atoms with Gasteiger partial charge in [-0.25, -0.2) is 0 Å². The monoisotopic (exact) mass is 328 g/mol. The Labute approximate surface area is 112 Å². The number of benzene rings is 1. The van der Waals surface area contributed by atoms with E-state index in [1.165, 1.54) is 12.1 Å². The summed E-state index contributed by atoms with van der Waals surface area (Å²) < 4.78 is 35.4. The van der Waals surface area contributed by atoms with Crippen molar-refractivity contribution >= 4 is 23.1 Å². The molecule has 0 aromatic heterocycles. The summed E-state index contributed by atoms with van der Waals surface area (Å²) in [6, 6.07) is 6.36. The molecule has 0 spiro atoms. The molecular formula is C7H5Br2F3Mg. The van der Waals surface area contributed by atoms with E-state index in [9.17, 15) is 13.2 Å². The van der Waals surface area contributed by atoms with Gasteiger partial charge >= 0.3 is 29.2 Å². The first-order valence-electron chi connectivity index (χ1n) is 2.73. The van der Waals surface area contributed by atoms with Crippen molar-refractivity contribution in [2.24, 2.45) is 0 Å². The maximum atomic E-state index is 11.8. The molecule has 0 unspecified atom stereocenters. The van der Waals surface area contributed by atoms with Gasteiger partial charge < -0.3 is 34.0 Å². The molecule has 1 aromatic rings. The maximum absolute atomic E-state index is 11.8. The molecule has 70 valence electrons. The molecule has 0 aliphatic rings. The van der Waals surface area contributed by atoms with Gasteiger partial charge in [-0.05, 0) is 0 Å². The van der Waals surface area contributed by atoms with Gasteiger partial charge in [0.1, 0.15) is 0 Å². The molecular weight excluding hydrogens is 325 g/mol. The molecule has 0 saturated heterocycles. The van der Waals surface area contributed by atoms with Gasteiger partial charge in [-0.1, -0.05) is 30.3 Å². The van der Waals surface area contributed by atoms with Crippen LogP contribution in [-0.4, -0.2) is 23.1 Å².